The first kappa shape index (κ1) is 27.1. The van der Waals surface area contributed by atoms with Crippen molar-refractivity contribution >= 4 is 39.1 Å². The van der Waals surface area contributed by atoms with E-state index in [0.717, 1.165) is 36.2 Å². The van der Waals surface area contributed by atoms with Crippen molar-refractivity contribution in [2.75, 3.05) is 23.9 Å². The van der Waals surface area contributed by atoms with Gasteiger partial charge < -0.3 is 19.7 Å². The summed E-state index contributed by atoms with van der Waals surface area (Å²) >= 11 is 6.40. The molecule has 2 aliphatic rings. The summed E-state index contributed by atoms with van der Waals surface area (Å²) in [4.78, 5) is 28.6. The summed E-state index contributed by atoms with van der Waals surface area (Å²) in [6, 6.07) is 11.1. The Kier molecular flexibility index (Phi) is 8.49. The van der Waals surface area contributed by atoms with Crippen LogP contribution >= 0.6 is 11.6 Å². The molecular weight excluding hydrogens is 518 g/mol. The van der Waals surface area contributed by atoms with Gasteiger partial charge in [0.05, 0.1) is 11.9 Å². The zero-order valence-electron chi connectivity index (χ0n) is 21.0. The van der Waals surface area contributed by atoms with Gasteiger partial charge in [-0.1, -0.05) is 49.6 Å². The lowest BCUT2D eigenvalue weighted by Gasteiger charge is -2.33. The highest BCUT2D eigenvalue weighted by Gasteiger charge is 2.33. The fourth-order valence-electron chi connectivity index (χ4n) is 4.75. The Morgan fingerprint density at radius 2 is 1.81 bits per heavy atom. The van der Waals surface area contributed by atoms with Crippen LogP contribution in [0.5, 0.6) is 11.5 Å². The van der Waals surface area contributed by atoms with Crippen LogP contribution in [0.25, 0.3) is 0 Å². The number of ether oxygens (including phenoxy) is 2. The van der Waals surface area contributed by atoms with E-state index in [1.165, 1.54) is 11.0 Å². The lowest BCUT2D eigenvalue weighted by atomic mass is 10.1. The van der Waals surface area contributed by atoms with Crippen LogP contribution in [0.2, 0.25) is 5.02 Å². The molecule has 4 rings (SSSR count). The van der Waals surface area contributed by atoms with E-state index in [-0.39, 0.29) is 31.0 Å². The smallest absolute Gasteiger partial charge is 0.244 e. The monoisotopic (exact) mass is 549 g/mol. The minimum Gasteiger partial charge on any atom is -0.454 e. The molecule has 0 unspecified atom stereocenters. The third-order valence-corrected chi connectivity index (χ3v) is 8.22. The minimum atomic E-state index is -3.85. The average molecular weight is 550 g/mol. The van der Waals surface area contributed by atoms with Crippen molar-refractivity contribution in [2.24, 2.45) is 0 Å². The van der Waals surface area contributed by atoms with Crippen LogP contribution in [0.15, 0.2) is 42.5 Å². The first-order valence-electron chi connectivity index (χ1n) is 12.4. The van der Waals surface area contributed by atoms with Crippen molar-refractivity contribution in [3.63, 3.8) is 0 Å². The van der Waals surface area contributed by atoms with E-state index in [0.29, 0.717) is 28.5 Å². The number of sulfonamides is 1. The molecule has 0 radical (unpaired) electrons. The highest BCUT2D eigenvalue weighted by molar-refractivity contribution is 7.92. The summed E-state index contributed by atoms with van der Waals surface area (Å²) in [6.07, 6.45) is 5.33. The van der Waals surface area contributed by atoms with E-state index in [1.54, 1.807) is 36.4 Å². The summed E-state index contributed by atoms with van der Waals surface area (Å²) in [7, 11) is -3.85. The van der Waals surface area contributed by atoms with Gasteiger partial charge in [0.1, 0.15) is 12.6 Å². The van der Waals surface area contributed by atoms with Crippen LogP contribution < -0.4 is 19.1 Å². The van der Waals surface area contributed by atoms with Crippen molar-refractivity contribution in [1.82, 2.24) is 10.2 Å². The molecule has 1 heterocycles. The second kappa shape index (κ2) is 11.6. The summed E-state index contributed by atoms with van der Waals surface area (Å²) in [6.45, 7) is 1.44. The molecule has 1 saturated carbocycles. The summed E-state index contributed by atoms with van der Waals surface area (Å²) < 4.78 is 37.3. The van der Waals surface area contributed by atoms with Gasteiger partial charge >= 0.3 is 0 Å². The molecule has 1 atom stereocenters. The fourth-order valence-corrected chi connectivity index (χ4v) is 5.79. The normalized spacial score (nSPS) is 15.9. The number of carbonyl (C=O) groups excluding carboxylic acids is 2. The molecule has 9 nitrogen and oxygen atoms in total. The van der Waals surface area contributed by atoms with Gasteiger partial charge in [-0.05, 0) is 43.0 Å². The molecule has 1 aliphatic carbocycles. The number of anilines is 1. The van der Waals surface area contributed by atoms with E-state index >= 15 is 0 Å². The van der Waals surface area contributed by atoms with Crippen molar-refractivity contribution in [3.05, 3.63) is 53.1 Å². The summed E-state index contributed by atoms with van der Waals surface area (Å²) in [5.41, 5.74) is 0.930. The van der Waals surface area contributed by atoms with Gasteiger partial charge in [0.2, 0.25) is 28.6 Å². The molecule has 37 heavy (non-hydrogen) atoms. The maximum atomic E-state index is 13.8. The summed E-state index contributed by atoms with van der Waals surface area (Å²) in [5.74, 6) is 0.132. The molecule has 0 spiro atoms. The molecule has 2 aromatic rings. The van der Waals surface area contributed by atoms with Gasteiger partial charge in [-0.3, -0.25) is 13.9 Å². The highest BCUT2D eigenvalue weighted by atomic mass is 35.5. The van der Waals surface area contributed by atoms with Gasteiger partial charge in [0.25, 0.3) is 0 Å². The summed E-state index contributed by atoms with van der Waals surface area (Å²) in [5, 5.41) is 3.54. The fraction of sp³-hybridized carbons (Fsp3) is 0.462. The molecule has 0 bridgehead atoms. The standard InChI is InChI=1S/C26H32ClN3O6S/c1-3-22(26(32)28-19-9-5-6-10-19)29(15-18-8-4-7-11-21(18)27)25(31)16-30(37(2,33)34)20-12-13-23-24(14-20)36-17-35-23/h4,7-8,11-14,19,22H,3,5-6,9-10,15-17H2,1-2H3,(H,28,32)/t22-/m0/s1. The maximum Gasteiger partial charge on any atom is 0.244 e. The Labute approximate surface area is 222 Å². The number of benzene rings is 2. The Morgan fingerprint density at radius 3 is 2.49 bits per heavy atom. The van der Waals surface area contributed by atoms with Crippen molar-refractivity contribution in [3.8, 4) is 11.5 Å². The van der Waals surface area contributed by atoms with Crippen LogP contribution in [0, 0.1) is 0 Å². The van der Waals surface area contributed by atoms with Crippen molar-refractivity contribution in [1.29, 1.82) is 0 Å². The molecular formula is C26H32ClN3O6S. The van der Waals surface area contributed by atoms with E-state index in [1.807, 2.05) is 6.92 Å². The molecule has 1 N–H and O–H groups in total. The molecule has 11 heteroatoms. The molecule has 200 valence electrons. The predicted octanol–water partition coefficient (Wildman–Crippen LogP) is 3.70. The largest absolute Gasteiger partial charge is 0.454 e. The Bertz CT molecular complexity index is 1250. The number of amides is 2. The minimum absolute atomic E-state index is 0.0382. The Balaban J connectivity index is 1.63. The second-order valence-corrected chi connectivity index (χ2v) is 11.6. The Morgan fingerprint density at radius 1 is 1.11 bits per heavy atom. The second-order valence-electron chi connectivity index (χ2n) is 9.33. The zero-order valence-corrected chi connectivity index (χ0v) is 22.6. The average Bonchev–Trinajstić information content (AvgIpc) is 3.54. The first-order chi connectivity index (χ1) is 17.7. The molecule has 0 aromatic heterocycles. The quantitative estimate of drug-likeness (QED) is 0.484. The zero-order chi connectivity index (χ0) is 26.6. The molecule has 2 amide bonds. The van der Waals surface area contributed by atoms with Crippen LogP contribution in [-0.2, 0) is 26.2 Å². The molecule has 1 aliphatic heterocycles. The topological polar surface area (TPSA) is 105 Å². The number of fused-ring (bicyclic) bond motifs is 1. The SMILES string of the molecule is CC[C@@H](C(=O)NC1CCCC1)N(Cc1ccccc1Cl)C(=O)CN(c1ccc2c(c1)OCO2)S(C)(=O)=O. The number of nitrogens with zero attached hydrogens (tertiary/aromatic N) is 2. The van der Waals surface area contributed by atoms with Crippen molar-refractivity contribution in [2.45, 2.75) is 57.7 Å². The van der Waals surface area contributed by atoms with Crippen molar-refractivity contribution < 1.29 is 27.5 Å². The maximum absolute atomic E-state index is 13.8. The number of nitrogens with one attached hydrogen (secondary N) is 1. The van der Waals surface area contributed by atoms with Gasteiger partial charge in [-0.2, -0.15) is 0 Å². The molecule has 0 saturated heterocycles. The van der Waals surface area contributed by atoms with Crippen LogP contribution in [-0.4, -0.2) is 56.8 Å². The predicted molar refractivity (Wildman–Crippen MR) is 141 cm³/mol. The van der Waals surface area contributed by atoms with Gasteiger partial charge in [0.15, 0.2) is 11.5 Å². The van der Waals surface area contributed by atoms with Gasteiger partial charge in [-0.15, -0.1) is 0 Å². The lowest BCUT2D eigenvalue weighted by molar-refractivity contribution is -0.140. The number of rotatable bonds is 10. The molecule has 1 fully saturated rings. The van der Waals surface area contributed by atoms with Crippen LogP contribution in [0.4, 0.5) is 5.69 Å². The number of hydrogen-bond acceptors (Lipinski definition) is 6. The van der Waals surface area contributed by atoms with Crippen LogP contribution in [0.1, 0.15) is 44.6 Å². The third-order valence-electron chi connectivity index (χ3n) is 6.71. The van der Waals surface area contributed by atoms with E-state index in [4.69, 9.17) is 21.1 Å². The number of halogens is 1. The highest BCUT2D eigenvalue weighted by Crippen LogP contribution is 2.36. The third kappa shape index (κ3) is 6.48. The molecule has 2 aromatic carbocycles. The number of hydrogen-bond donors (Lipinski definition) is 1. The van der Waals surface area contributed by atoms with Gasteiger partial charge in [0, 0.05) is 23.7 Å². The first-order valence-corrected chi connectivity index (χ1v) is 14.6. The van der Waals surface area contributed by atoms with E-state index in [2.05, 4.69) is 5.32 Å². The van der Waals surface area contributed by atoms with E-state index in [9.17, 15) is 18.0 Å². The van der Waals surface area contributed by atoms with Gasteiger partial charge in [-0.25, -0.2) is 8.42 Å². The lowest BCUT2D eigenvalue weighted by Crippen LogP contribution is -2.53. The number of carbonyl (C=O) groups is 2. The van der Waals surface area contributed by atoms with E-state index < -0.39 is 28.5 Å². The Hall–Kier alpha value is -2.98. The van der Waals surface area contributed by atoms with Crippen LogP contribution in [0.3, 0.4) is 0 Å².